The van der Waals surface area contributed by atoms with E-state index < -0.39 is 10.0 Å². The van der Waals surface area contributed by atoms with Crippen molar-refractivity contribution in [3.63, 3.8) is 0 Å². The predicted octanol–water partition coefficient (Wildman–Crippen LogP) is 5.27. The lowest BCUT2D eigenvalue weighted by atomic mass is 9.86. The normalized spacial score (nSPS) is 20.6. The summed E-state index contributed by atoms with van der Waals surface area (Å²) in [6.45, 7) is 2.15. The summed E-state index contributed by atoms with van der Waals surface area (Å²) in [4.78, 5) is 19.0. The number of para-hydroxylation sites is 1. The lowest BCUT2D eigenvalue weighted by Crippen LogP contribution is -2.48. The smallest absolute Gasteiger partial charge is 0.240 e. The number of fused-ring (bicyclic) bond motifs is 3. The summed E-state index contributed by atoms with van der Waals surface area (Å²) < 4.78 is 28.4. The third kappa shape index (κ3) is 4.61. The van der Waals surface area contributed by atoms with Gasteiger partial charge in [0.15, 0.2) is 0 Å². The molecule has 186 valence electrons. The van der Waals surface area contributed by atoms with Crippen molar-refractivity contribution >= 4 is 38.4 Å². The minimum atomic E-state index is -3.57. The molecule has 2 atom stereocenters. The highest BCUT2D eigenvalue weighted by Crippen LogP contribution is 2.42. The second kappa shape index (κ2) is 9.96. The monoisotopic (exact) mass is 513 g/mol. The van der Waals surface area contributed by atoms with Crippen LogP contribution in [0, 0.1) is 0 Å². The van der Waals surface area contributed by atoms with E-state index in [4.69, 9.17) is 11.6 Å². The molecule has 0 radical (unpaired) electrons. The number of carbonyl (C=O) groups is 1. The number of H-pyrrole nitrogens is 1. The van der Waals surface area contributed by atoms with E-state index in [-0.39, 0.29) is 34.8 Å². The second-order valence-electron chi connectivity index (χ2n) is 9.72. The molecule has 2 N–H and O–H groups in total. The maximum atomic E-state index is 13.2. The molecular formula is C27H32ClN3O3S. The zero-order valence-electron chi connectivity index (χ0n) is 20.0. The maximum Gasteiger partial charge on any atom is 0.240 e. The van der Waals surface area contributed by atoms with Gasteiger partial charge in [-0.15, -0.1) is 11.6 Å². The number of nitrogens with zero attached hydrogens (tertiary/aromatic N) is 1. The zero-order valence-corrected chi connectivity index (χ0v) is 21.5. The van der Waals surface area contributed by atoms with Gasteiger partial charge in [0.1, 0.15) is 5.88 Å². The number of alkyl halides is 1. The summed E-state index contributed by atoms with van der Waals surface area (Å²) in [5.41, 5.74) is 4.13. The van der Waals surface area contributed by atoms with Crippen LogP contribution in [0.2, 0.25) is 0 Å². The SMILES string of the molecule is CCCC[C@H]1Cc2c([nH]c3ccccc23)[C@H](c2ccc(S(=O)(=O)NC3CCC3)cc2)N1C(=O)CCl. The standard InChI is InChI=1S/C27H32ClN3O3S/c1-2-3-9-20-16-23-22-10-4-5-11-24(22)29-26(23)27(31(20)25(32)17-28)18-12-14-21(15-13-18)35(33,34)30-19-7-6-8-19/h4-5,10-15,19-20,27,29-30H,2-3,6-9,16-17H2,1H3/t20-,27-/m0/s1. The number of sulfonamides is 1. The molecule has 3 aromatic rings. The molecule has 2 aromatic carbocycles. The van der Waals surface area contributed by atoms with E-state index >= 15 is 0 Å². The van der Waals surface area contributed by atoms with E-state index in [1.54, 1.807) is 12.1 Å². The summed E-state index contributed by atoms with van der Waals surface area (Å²) in [5, 5.41) is 1.18. The highest BCUT2D eigenvalue weighted by molar-refractivity contribution is 7.89. The third-order valence-electron chi connectivity index (χ3n) is 7.46. The van der Waals surface area contributed by atoms with Crippen molar-refractivity contribution in [3.05, 3.63) is 65.4 Å². The number of nitrogens with one attached hydrogen (secondary N) is 2. The fourth-order valence-electron chi connectivity index (χ4n) is 5.43. The number of unbranched alkanes of at least 4 members (excludes halogenated alkanes) is 1. The molecule has 6 nitrogen and oxygen atoms in total. The molecule has 35 heavy (non-hydrogen) atoms. The van der Waals surface area contributed by atoms with Gasteiger partial charge in [-0.2, -0.15) is 0 Å². The van der Waals surface area contributed by atoms with Gasteiger partial charge < -0.3 is 9.88 Å². The molecule has 0 saturated heterocycles. The van der Waals surface area contributed by atoms with Crippen LogP contribution in [-0.4, -0.2) is 42.2 Å². The van der Waals surface area contributed by atoms with Crippen LogP contribution in [0.3, 0.4) is 0 Å². The number of aromatic amines is 1. The predicted molar refractivity (Wildman–Crippen MR) is 139 cm³/mol. The van der Waals surface area contributed by atoms with Crippen LogP contribution in [0.15, 0.2) is 53.4 Å². The average molecular weight is 514 g/mol. The fourth-order valence-corrected chi connectivity index (χ4v) is 6.87. The van der Waals surface area contributed by atoms with Crippen molar-refractivity contribution in [2.45, 2.75) is 74.9 Å². The van der Waals surface area contributed by atoms with E-state index in [1.165, 1.54) is 10.9 Å². The topological polar surface area (TPSA) is 82.3 Å². The van der Waals surface area contributed by atoms with E-state index in [2.05, 4.69) is 28.8 Å². The summed E-state index contributed by atoms with van der Waals surface area (Å²) in [5.74, 6) is -0.197. The van der Waals surface area contributed by atoms with Crippen molar-refractivity contribution in [1.82, 2.24) is 14.6 Å². The van der Waals surface area contributed by atoms with Gasteiger partial charge in [0.25, 0.3) is 0 Å². The molecule has 2 aliphatic rings. The molecule has 1 fully saturated rings. The molecule has 1 aliphatic heterocycles. The Balaban J connectivity index is 1.58. The molecule has 0 spiro atoms. The lowest BCUT2D eigenvalue weighted by Gasteiger charge is -2.42. The van der Waals surface area contributed by atoms with Gasteiger partial charge in [0, 0.05) is 28.7 Å². The number of aromatic nitrogens is 1. The second-order valence-corrected chi connectivity index (χ2v) is 11.7. The molecule has 1 amide bonds. The lowest BCUT2D eigenvalue weighted by molar-refractivity contribution is -0.133. The Morgan fingerprint density at radius 2 is 1.89 bits per heavy atom. The zero-order chi connectivity index (χ0) is 24.6. The average Bonchev–Trinajstić information content (AvgIpc) is 3.22. The van der Waals surface area contributed by atoms with Gasteiger partial charge in [-0.05, 0) is 55.0 Å². The van der Waals surface area contributed by atoms with Gasteiger partial charge in [0.2, 0.25) is 15.9 Å². The van der Waals surface area contributed by atoms with Crippen molar-refractivity contribution in [3.8, 4) is 0 Å². The van der Waals surface area contributed by atoms with E-state index in [9.17, 15) is 13.2 Å². The van der Waals surface area contributed by atoms with Crippen LogP contribution in [0.4, 0.5) is 0 Å². The number of benzene rings is 2. The Labute approximate surface area is 212 Å². The molecule has 1 saturated carbocycles. The Kier molecular flexibility index (Phi) is 6.93. The van der Waals surface area contributed by atoms with Crippen molar-refractivity contribution in [2.24, 2.45) is 0 Å². The van der Waals surface area contributed by atoms with Crippen LogP contribution in [-0.2, 0) is 21.2 Å². The Hall–Kier alpha value is -2.35. The van der Waals surface area contributed by atoms with Gasteiger partial charge in [0.05, 0.1) is 10.9 Å². The molecular weight excluding hydrogens is 482 g/mol. The highest BCUT2D eigenvalue weighted by atomic mass is 35.5. The molecule has 5 rings (SSSR count). The summed E-state index contributed by atoms with van der Waals surface area (Å²) in [6, 6.07) is 14.9. The number of carbonyl (C=O) groups excluding carboxylic acids is 1. The minimum absolute atomic E-state index is 0.0293. The molecule has 1 aromatic heterocycles. The molecule has 8 heteroatoms. The van der Waals surface area contributed by atoms with E-state index in [0.717, 1.165) is 61.7 Å². The third-order valence-corrected chi connectivity index (χ3v) is 9.22. The molecule has 1 aliphatic carbocycles. The van der Waals surface area contributed by atoms with Crippen LogP contribution >= 0.6 is 11.6 Å². The van der Waals surface area contributed by atoms with Crippen LogP contribution in [0.5, 0.6) is 0 Å². The van der Waals surface area contributed by atoms with E-state index in [1.807, 2.05) is 29.2 Å². The maximum absolute atomic E-state index is 13.2. The Morgan fingerprint density at radius 1 is 1.14 bits per heavy atom. The fraction of sp³-hybridized carbons (Fsp3) is 0.444. The van der Waals surface area contributed by atoms with Gasteiger partial charge in [-0.1, -0.05) is 56.5 Å². The molecule has 0 bridgehead atoms. The van der Waals surface area contributed by atoms with Crippen molar-refractivity contribution in [1.29, 1.82) is 0 Å². The number of rotatable bonds is 8. The Morgan fingerprint density at radius 3 is 2.54 bits per heavy atom. The van der Waals surface area contributed by atoms with Gasteiger partial charge in [-0.3, -0.25) is 4.79 Å². The van der Waals surface area contributed by atoms with Crippen LogP contribution in [0.25, 0.3) is 10.9 Å². The quantitative estimate of drug-likeness (QED) is 0.402. The highest BCUT2D eigenvalue weighted by Gasteiger charge is 2.39. The van der Waals surface area contributed by atoms with Crippen LogP contribution in [0.1, 0.15) is 68.3 Å². The summed E-state index contributed by atoms with van der Waals surface area (Å²) in [6.07, 6.45) is 6.57. The first kappa shape index (κ1) is 24.3. The van der Waals surface area contributed by atoms with Gasteiger partial charge in [-0.25, -0.2) is 13.1 Å². The largest absolute Gasteiger partial charge is 0.356 e. The van der Waals surface area contributed by atoms with Gasteiger partial charge >= 0.3 is 0 Å². The first-order chi connectivity index (χ1) is 16.9. The first-order valence-corrected chi connectivity index (χ1v) is 14.5. The number of amides is 1. The van der Waals surface area contributed by atoms with Crippen molar-refractivity contribution in [2.75, 3.05) is 5.88 Å². The van der Waals surface area contributed by atoms with Crippen molar-refractivity contribution < 1.29 is 13.2 Å². The van der Waals surface area contributed by atoms with Crippen LogP contribution < -0.4 is 4.72 Å². The first-order valence-electron chi connectivity index (χ1n) is 12.5. The Bertz CT molecular complexity index is 1320. The number of hydrogen-bond donors (Lipinski definition) is 2. The number of hydrogen-bond acceptors (Lipinski definition) is 3. The molecule has 2 heterocycles. The van der Waals surface area contributed by atoms with E-state index in [0.29, 0.717) is 0 Å². The minimum Gasteiger partial charge on any atom is -0.356 e. The number of halogens is 1. The summed E-state index contributed by atoms with van der Waals surface area (Å²) in [7, 11) is -3.57. The molecule has 0 unspecified atom stereocenters. The summed E-state index contributed by atoms with van der Waals surface area (Å²) >= 11 is 6.11.